The van der Waals surface area contributed by atoms with Crippen molar-refractivity contribution in [1.82, 2.24) is 25.1 Å². The predicted octanol–water partition coefficient (Wildman–Crippen LogP) is 9.22. The van der Waals surface area contributed by atoms with Gasteiger partial charge in [0.25, 0.3) is 15.9 Å². The quantitative estimate of drug-likeness (QED) is 0.114. The number of amides is 1. The Morgan fingerprint density at radius 3 is 2.33 bits per heavy atom. The smallest absolute Gasteiger partial charge is 0.308 e. The van der Waals surface area contributed by atoms with Crippen molar-refractivity contribution in [2.24, 2.45) is 4.99 Å². The molecular weight excluding hydrogens is 859 g/mol. The fraction of sp³-hybridized carbons (Fsp3) is 0.234. The van der Waals surface area contributed by atoms with E-state index in [1.54, 1.807) is 68.5 Å². The van der Waals surface area contributed by atoms with Crippen molar-refractivity contribution in [3.05, 3.63) is 146 Å². The van der Waals surface area contributed by atoms with Gasteiger partial charge in [0.15, 0.2) is 17.5 Å². The summed E-state index contributed by atoms with van der Waals surface area (Å²) in [4.78, 5) is 35.4. The lowest BCUT2D eigenvalue weighted by atomic mass is 9.96. The number of aliphatic imine (C=N–C) groups is 1. The number of hydrogen-bond acceptors (Lipinski definition) is 10. The highest BCUT2D eigenvalue weighted by atomic mass is 32.2. The van der Waals surface area contributed by atoms with Crippen LogP contribution in [-0.4, -0.2) is 51.4 Å². The fourth-order valence-electron chi connectivity index (χ4n) is 7.68. The summed E-state index contributed by atoms with van der Waals surface area (Å²) < 4.78 is 68.2. The van der Waals surface area contributed by atoms with Crippen LogP contribution in [0.2, 0.25) is 0 Å². The molecule has 4 heterocycles. The lowest BCUT2D eigenvalue weighted by Crippen LogP contribution is -2.25. The third-order valence-electron chi connectivity index (χ3n) is 10.9. The van der Waals surface area contributed by atoms with Crippen LogP contribution in [0.5, 0.6) is 0 Å². The molecule has 3 N–H and O–H groups in total. The van der Waals surface area contributed by atoms with E-state index in [1.165, 1.54) is 42.6 Å². The van der Waals surface area contributed by atoms with Gasteiger partial charge in [-0.25, -0.2) is 17.2 Å². The summed E-state index contributed by atoms with van der Waals surface area (Å²) >= 11 is 1.56. The second kappa shape index (κ2) is 16.6. The van der Waals surface area contributed by atoms with E-state index in [0.717, 1.165) is 26.6 Å². The van der Waals surface area contributed by atoms with Crippen molar-refractivity contribution in [3.8, 4) is 22.2 Å². The molecule has 0 unspecified atom stereocenters. The Morgan fingerprint density at radius 1 is 0.938 bits per heavy atom. The molecule has 1 aliphatic heterocycles. The number of hydrogen-bond donors (Lipinski definition) is 3. The molecule has 0 bridgehead atoms. The molecule has 8 rings (SSSR count). The monoisotopic (exact) mass is 900 g/mol. The first-order valence-corrected chi connectivity index (χ1v) is 22.5. The number of sulfonamides is 1. The molecule has 326 valence electrons. The zero-order valence-electron chi connectivity index (χ0n) is 35.8. The summed E-state index contributed by atoms with van der Waals surface area (Å²) in [5.74, 6) is -2.70. The highest BCUT2D eigenvalue weighted by Crippen LogP contribution is 2.40. The number of esters is 1. The van der Waals surface area contributed by atoms with Crippen LogP contribution >= 0.6 is 11.3 Å². The second-order valence-corrected chi connectivity index (χ2v) is 19.4. The number of aryl methyl sites for hydroxylation is 3. The van der Waals surface area contributed by atoms with Crippen LogP contribution in [0.3, 0.4) is 0 Å². The maximum absolute atomic E-state index is 15.8. The van der Waals surface area contributed by atoms with Gasteiger partial charge in [-0.2, -0.15) is 5.26 Å². The third kappa shape index (κ3) is 8.17. The van der Waals surface area contributed by atoms with Crippen LogP contribution in [0.1, 0.15) is 93.5 Å². The molecule has 0 saturated carbocycles. The molecule has 0 saturated heterocycles. The normalized spacial score (nSPS) is 13.7. The minimum atomic E-state index is -4.04. The molecule has 0 radical (unpaired) electrons. The minimum absolute atomic E-state index is 0.0496. The van der Waals surface area contributed by atoms with E-state index in [9.17, 15) is 23.3 Å². The Kier molecular flexibility index (Phi) is 11.3. The van der Waals surface area contributed by atoms with Crippen molar-refractivity contribution >= 4 is 55.5 Å². The standard InChI is InChI=1S/C47H42F2N8O5S2/c1-24-8-19-35(43-38(24)31(21-50)23-51-43)56-64(60,61)32-15-9-28(10-16-32)22-52-45(59)34-18-17-33(40(48)41(34)49)29-11-13-30(14-12-29)42-39-25(2)26(3)63-46(39)57-27(4)54-55-44(57)36(53-42)20-37(58)62-47(5,6)7/h8-19,23,36,51,56H,20,22H2,1-7H3,(H,52,59)/t36-/m0/s1. The highest BCUT2D eigenvalue weighted by Gasteiger charge is 2.34. The molecule has 0 aliphatic carbocycles. The number of nitriles is 1. The van der Waals surface area contributed by atoms with E-state index in [-0.39, 0.29) is 29.1 Å². The highest BCUT2D eigenvalue weighted by molar-refractivity contribution is 7.92. The third-order valence-corrected chi connectivity index (χ3v) is 13.5. The lowest BCUT2D eigenvalue weighted by Gasteiger charge is -2.21. The van der Waals surface area contributed by atoms with E-state index in [4.69, 9.17) is 9.73 Å². The minimum Gasteiger partial charge on any atom is -0.460 e. The van der Waals surface area contributed by atoms with Gasteiger partial charge >= 0.3 is 5.97 Å². The van der Waals surface area contributed by atoms with Gasteiger partial charge in [0, 0.05) is 39.7 Å². The number of fused-ring (bicyclic) bond motifs is 4. The summed E-state index contributed by atoms with van der Waals surface area (Å²) in [5, 5.41) is 22.3. The van der Waals surface area contributed by atoms with Crippen molar-refractivity contribution in [1.29, 1.82) is 5.26 Å². The number of rotatable bonds is 10. The fourth-order valence-corrected chi connectivity index (χ4v) is 9.97. The van der Waals surface area contributed by atoms with Gasteiger partial charge < -0.3 is 15.0 Å². The number of carbonyl (C=O) groups is 2. The number of halogens is 2. The summed E-state index contributed by atoms with van der Waals surface area (Å²) in [6.45, 7) is 13.0. The lowest BCUT2D eigenvalue weighted by molar-refractivity contribution is -0.155. The van der Waals surface area contributed by atoms with Gasteiger partial charge in [0.1, 0.15) is 28.5 Å². The number of aromatic nitrogens is 4. The molecule has 3 aromatic heterocycles. The van der Waals surface area contributed by atoms with Crippen molar-refractivity contribution in [2.75, 3.05) is 4.72 Å². The SMILES string of the molecule is Cc1sc2c(c1C)C(c1ccc(-c3ccc(C(=O)NCc4ccc(S(=O)(=O)Nc5ccc(C)c6c(C#N)c[nH]c56)cc4)c(F)c3F)cc1)=N[C@@H](CC(=O)OC(C)(C)C)c1nnc(C)n1-2. The average molecular weight is 901 g/mol. The first-order chi connectivity index (χ1) is 30.3. The van der Waals surface area contributed by atoms with E-state index >= 15 is 8.78 Å². The van der Waals surface area contributed by atoms with Crippen LogP contribution < -0.4 is 10.0 Å². The molecule has 4 aromatic carbocycles. The molecule has 17 heteroatoms. The van der Waals surface area contributed by atoms with E-state index in [0.29, 0.717) is 50.5 Å². The number of H-pyrrole nitrogens is 1. The summed E-state index contributed by atoms with van der Waals surface area (Å²) in [6, 6.07) is 19.8. The number of thiophene rings is 1. The van der Waals surface area contributed by atoms with Gasteiger partial charge in [0.05, 0.1) is 39.4 Å². The van der Waals surface area contributed by atoms with Gasteiger partial charge in [-0.15, -0.1) is 21.5 Å². The summed E-state index contributed by atoms with van der Waals surface area (Å²) in [6.07, 6.45) is 1.44. The Bertz CT molecular complexity index is 3210. The zero-order valence-corrected chi connectivity index (χ0v) is 37.5. The Labute approximate surface area is 371 Å². The first-order valence-electron chi connectivity index (χ1n) is 20.2. The van der Waals surface area contributed by atoms with Gasteiger partial charge in [0.2, 0.25) is 0 Å². The molecule has 1 aliphatic rings. The zero-order chi connectivity index (χ0) is 45.8. The summed E-state index contributed by atoms with van der Waals surface area (Å²) in [5.41, 5.74) is 4.68. The number of aromatic amines is 1. The van der Waals surface area contributed by atoms with Crippen LogP contribution in [0.15, 0.2) is 88.9 Å². The molecular formula is C47H42F2N8O5S2. The molecule has 1 amide bonds. The topological polar surface area (TPSA) is 184 Å². The van der Waals surface area contributed by atoms with E-state index in [1.807, 2.05) is 32.3 Å². The average Bonchev–Trinajstić information content (AvgIpc) is 3.92. The Balaban J connectivity index is 0.988. The number of nitrogens with zero attached hydrogens (tertiary/aromatic N) is 5. The predicted molar refractivity (Wildman–Crippen MR) is 240 cm³/mol. The van der Waals surface area contributed by atoms with Crippen LogP contribution in [-0.2, 0) is 26.1 Å². The van der Waals surface area contributed by atoms with E-state index < -0.39 is 50.7 Å². The Morgan fingerprint density at radius 2 is 1.64 bits per heavy atom. The van der Waals surface area contributed by atoms with Gasteiger partial charge in [-0.3, -0.25) is 23.9 Å². The summed E-state index contributed by atoms with van der Waals surface area (Å²) in [7, 11) is -4.04. The maximum Gasteiger partial charge on any atom is 0.308 e. The van der Waals surface area contributed by atoms with Gasteiger partial charge in [-0.1, -0.05) is 48.5 Å². The molecule has 0 fully saturated rings. The number of ether oxygens (including phenoxy) is 1. The van der Waals surface area contributed by atoms with Crippen LogP contribution in [0.4, 0.5) is 14.5 Å². The molecule has 1 atom stereocenters. The van der Waals surface area contributed by atoms with E-state index in [2.05, 4.69) is 31.3 Å². The van der Waals surface area contributed by atoms with Crippen LogP contribution in [0.25, 0.3) is 27.0 Å². The van der Waals surface area contributed by atoms with Crippen LogP contribution in [0, 0.1) is 50.7 Å². The second-order valence-electron chi connectivity index (χ2n) is 16.5. The number of carbonyl (C=O) groups excluding carboxylic acids is 2. The largest absolute Gasteiger partial charge is 0.460 e. The number of nitrogens with one attached hydrogen (secondary N) is 3. The Hall–Kier alpha value is -7.03. The maximum atomic E-state index is 15.8. The molecule has 64 heavy (non-hydrogen) atoms. The number of anilines is 1. The molecule has 7 aromatic rings. The number of benzene rings is 4. The first kappa shape index (κ1) is 43.6. The molecule has 13 nitrogen and oxygen atoms in total. The van der Waals surface area contributed by atoms with Crippen molar-refractivity contribution in [2.45, 2.75) is 78.0 Å². The van der Waals surface area contributed by atoms with Crippen molar-refractivity contribution in [3.63, 3.8) is 0 Å². The van der Waals surface area contributed by atoms with Crippen molar-refractivity contribution < 1.29 is 31.5 Å². The molecule has 0 spiro atoms. The van der Waals surface area contributed by atoms with Gasteiger partial charge in [-0.05, 0) is 95.0 Å².